The third-order valence-corrected chi connectivity index (χ3v) is 5.49. The van der Waals surface area contributed by atoms with Crippen LogP contribution < -0.4 is 4.74 Å². The fourth-order valence-corrected chi connectivity index (χ4v) is 3.81. The van der Waals surface area contributed by atoms with E-state index < -0.39 is 42.3 Å². The number of aliphatic hydroxyl groups is 3. The summed E-state index contributed by atoms with van der Waals surface area (Å²) in [4.78, 5) is 36.9. The molecule has 0 aromatic heterocycles. The Morgan fingerprint density at radius 2 is 1.65 bits per heavy atom. The van der Waals surface area contributed by atoms with Crippen LogP contribution in [0.4, 0.5) is 0 Å². The van der Waals surface area contributed by atoms with Crippen molar-refractivity contribution in [2.75, 3.05) is 0 Å². The largest absolute Gasteiger partial charge is 0.488 e. The molecule has 1 fully saturated rings. The quantitative estimate of drug-likeness (QED) is 0.521. The topological polar surface area (TPSA) is 151 Å². The monoisotopic (exact) mass is 428 g/mol. The van der Waals surface area contributed by atoms with Crippen LogP contribution >= 0.6 is 0 Å². The molecule has 2 aromatic carbocycles. The summed E-state index contributed by atoms with van der Waals surface area (Å²) in [5, 5.41) is 38.9. The minimum atomic E-state index is -1.88. The number of carboxylic acid groups (broad SMARTS) is 1. The predicted octanol–water partition coefficient (Wildman–Crippen LogP) is -0.144. The number of carboxylic acids is 1. The number of hydrogen-bond acceptors (Lipinski definition) is 8. The Morgan fingerprint density at radius 3 is 2.39 bits per heavy atom. The van der Waals surface area contributed by atoms with E-state index in [-0.39, 0.29) is 24.4 Å². The van der Waals surface area contributed by atoms with Crippen molar-refractivity contribution in [1.29, 1.82) is 0 Å². The van der Waals surface area contributed by atoms with E-state index in [0.717, 1.165) is 5.56 Å². The highest BCUT2D eigenvalue weighted by Crippen LogP contribution is 2.30. The molecule has 2 aliphatic rings. The van der Waals surface area contributed by atoms with E-state index in [0.29, 0.717) is 16.9 Å². The molecule has 0 amide bonds. The molecule has 31 heavy (non-hydrogen) atoms. The van der Waals surface area contributed by atoms with Crippen molar-refractivity contribution >= 4 is 17.5 Å². The Hall–Kier alpha value is -3.11. The molecule has 5 atom stereocenters. The number of ether oxygens (including phenoxy) is 2. The van der Waals surface area contributed by atoms with Crippen molar-refractivity contribution in [1.82, 2.24) is 0 Å². The maximum absolute atomic E-state index is 13.0. The molecule has 2 aromatic rings. The third-order valence-electron chi connectivity index (χ3n) is 5.49. The van der Waals surface area contributed by atoms with E-state index in [4.69, 9.17) is 14.6 Å². The van der Waals surface area contributed by atoms with Crippen molar-refractivity contribution in [2.24, 2.45) is 0 Å². The summed E-state index contributed by atoms with van der Waals surface area (Å²) in [5.74, 6) is -2.15. The van der Waals surface area contributed by atoms with Crippen LogP contribution in [0.25, 0.3) is 0 Å². The molecule has 0 aliphatic carbocycles. The Morgan fingerprint density at radius 1 is 0.935 bits per heavy atom. The van der Waals surface area contributed by atoms with Gasteiger partial charge in [0.1, 0.15) is 36.8 Å². The van der Waals surface area contributed by atoms with E-state index in [1.165, 1.54) is 6.07 Å². The number of fused-ring (bicyclic) bond motifs is 2. The number of ketones is 2. The summed E-state index contributed by atoms with van der Waals surface area (Å²) in [6.07, 6.45) is -9.33. The lowest BCUT2D eigenvalue weighted by Crippen LogP contribution is -2.61. The van der Waals surface area contributed by atoms with Gasteiger partial charge in [0.15, 0.2) is 17.7 Å². The zero-order chi connectivity index (χ0) is 22.3. The number of carbonyl (C=O) groups is 3. The molecule has 0 bridgehead atoms. The average molecular weight is 428 g/mol. The normalized spacial score (nSPS) is 27.5. The van der Waals surface area contributed by atoms with E-state index in [1.54, 1.807) is 36.4 Å². The van der Waals surface area contributed by atoms with Crippen LogP contribution in [0.5, 0.6) is 5.75 Å². The van der Waals surface area contributed by atoms with Crippen molar-refractivity contribution in [2.45, 2.75) is 43.5 Å². The summed E-state index contributed by atoms with van der Waals surface area (Å²) in [5.41, 5.74) is 1.94. The summed E-state index contributed by atoms with van der Waals surface area (Å²) < 4.78 is 10.8. The molecule has 0 radical (unpaired) electrons. The Kier molecular flexibility index (Phi) is 5.59. The number of aliphatic carboxylic acids is 1. The molecule has 9 nitrogen and oxygen atoms in total. The number of aliphatic hydroxyl groups excluding tert-OH is 3. The molecule has 0 saturated carbocycles. The number of carbonyl (C=O) groups excluding carboxylic acids is 2. The molecule has 162 valence electrons. The molecule has 1 saturated heterocycles. The van der Waals surface area contributed by atoms with Crippen LogP contribution in [0, 0.1) is 0 Å². The Bertz CT molecular complexity index is 1050. The third kappa shape index (κ3) is 3.84. The second kappa shape index (κ2) is 8.20. The molecule has 9 heteroatoms. The van der Waals surface area contributed by atoms with Gasteiger partial charge >= 0.3 is 5.97 Å². The first kappa shape index (κ1) is 21.1. The molecular weight excluding hydrogens is 408 g/mol. The number of Topliss-reactive ketones (excluding diaryl/α,β-unsaturated/α-hetero) is 1. The summed E-state index contributed by atoms with van der Waals surface area (Å²) >= 11 is 0. The smallest absolute Gasteiger partial charge is 0.335 e. The van der Waals surface area contributed by atoms with Crippen molar-refractivity contribution in [3.63, 3.8) is 0 Å². The Labute approximate surface area is 176 Å². The SMILES string of the molecule is O=C1c2ccccc2COc2ccc(CC(=O)[C@@H]3O[C@H](C(=O)O)[C@@H](O)[C@H](O)[C@H]3O)cc21. The summed E-state index contributed by atoms with van der Waals surface area (Å²) in [6, 6.07) is 11.7. The fraction of sp³-hybridized carbons (Fsp3) is 0.318. The first-order valence-corrected chi connectivity index (χ1v) is 9.61. The van der Waals surface area contributed by atoms with Crippen molar-refractivity contribution in [3.8, 4) is 5.75 Å². The predicted molar refractivity (Wildman–Crippen MR) is 104 cm³/mol. The number of rotatable bonds is 4. The molecule has 2 aliphatic heterocycles. The van der Waals surface area contributed by atoms with Gasteiger partial charge in [-0.05, 0) is 17.7 Å². The second-order valence-electron chi connectivity index (χ2n) is 7.54. The van der Waals surface area contributed by atoms with Crippen LogP contribution in [0.1, 0.15) is 27.0 Å². The lowest BCUT2D eigenvalue weighted by molar-refractivity contribution is -0.224. The average Bonchev–Trinajstić information content (AvgIpc) is 2.89. The molecule has 4 N–H and O–H groups in total. The van der Waals surface area contributed by atoms with Crippen LogP contribution in [0.3, 0.4) is 0 Å². The van der Waals surface area contributed by atoms with Gasteiger partial charge in [-0.2, -0.15) is 0 Å². The maximum atomic E-state index is 13.0. The molecular formula is C22H20O9. The number of benzene rings is 2. The van der Waals surface area contributed by atoms with Gasteiger partial charge in [0, 0.05) is 17.5 Å². The van der Waals surface area contributed by atoms with Gasteiger partial charge in [-0.15, -0.1) is 0 Å². The van der Waals surface area contributed by atoms with Gasteiger partial charge in [0.05, 0.1) is 5.56 Å². The highest BCUT2D eigenvalue weighted by atomic mass is 16.6. The van der Waals surface area contributed by atoms with E-state index in [2.05, 4.69) is 0 Å². The minimum Gasteiger partial charge on any atom is -0.488 e. The number of hydrogen-bond donors (Lipinski definition) is 4. The lowest BCUT2D eigenvalue weighted by atomic mass is 9.90. The molecule has 2 heterocycles. The zero-order valence-electron chi connectivity index (χ0n) is 16.2. The van der Waals surface area contributed by atoms with Crippen LogP contribution in [-0.2, 0) is 27.4 Å². The van der Waals surface area contributed by atoms with Gasteiger partial charge in [0.25, 0.3) is 0 Å². The van der Waals surface area contributed by atoms with Crippen molar-refractivity contribution < 1.29 is 44.3 Å². The summed E-state index contributed by atoms with van der Waals surface area (Å²) in [6.45, 7) is 0.228. The molecule has 0 spiro atoms. The Balaban J connectivity index is 1.58. The van der Waals surface area contributed by atoms with Crippen LogP contribution in [0.2, 0.25) is 0 Å². The van der Waals surface area contributed by atoms with E-state index in [1.807, 2.05) is 0 Å². The zero-order valence-corrected chi connectivity index (χ0v) is 16.2. The minimum absolute atomic E-state index is 0.228. The van der Waals surface area contributed by atoms with Gasteiger partial charge in [0.2, 0.25) is 0 Å². The van der Waals surface area contributed by atoms with Gasteiger partial charge in [-0.25, -0.2) is 4.79 Å². The van der Waals surface area contributed by atoms with Gasteiger partial charge < -0.3 is 29.9 Å². The van der Waals surface area contributed by atoms with Crippen molar-refractivity contribution in [3.05, 3.63) is 64.7 Å². The summed E-state index contributed by atoms with van der Waals surface area (Å²) in [7, 11) is 0. The molecule has 4 rings (SSSR count). The first-order valence-electron chi connectivity index (χ1n) is 9.61. The van der Waals surface area contributed by atoms with Gasteiger partial charge in [-0.3, -0.25) is 9.59 Å². The van der Waals surface area contributed by atoms with Crippen LogP contribution in [-0.4, -0.2) is 68.5 Å². The molecule has 0 unspecified atom stereocenters. The maximum Gasteiger partial charge on any atom is 0.335 e. The standard InChI is InChI=1S/C22H20O9/c23-14(20-18(26)17(25)19(27)21(31-20)22(28)29)8-10-5-6-15-13(7-10)16(24)12-4-2-1-3-11(12)9-30-15/h1-7,17-21,25-27H,8-9H2,(H,28,29)/t17-,18-,19+,20+,21+/m1/s1. The fourth-order valence-electron chi connectivity index (χ4n) is 3.81. The van der Waals surface area contributed by atoms with Crippen LogP contribution in [0.15, 0.2) is 42.5 Å². The second-order valence-corrected chi connectivity index (χ2v) is 7.54. The van der Waals surface area contributed by atoms with Gasteiger partial charge in [-0.1, -0.05) is 30.3 Å². The van der Waals surface area contributed by atoms with E-state index >= 15 is 0 Å². The lowest BCUT2D eigenvalue weighted by Gasteiger charge is -2.38. The highest BCUT2D eigenvalue weighted by molar-refractivity contribution is 6.12. The first-order chi connectivity index (χ1) is 14.8. The van der Waals surface area contributed by atoms with E-state index in [9.17, 15) is 29.7 Å². The highest BCUT2D eigenvalue weighted by Gasteiger charge is 2.49.